The molecule has 0 saturated heterocycles. The van der Waals surface area contributed by atoms with Gasteiger partial charge in [-0.2, -0.15) is 0 Å². The van der Waals surface area contributed by atoms with Crippen LogP contribution in [0.3, 0.4) is 0 Å². The van der Waals surface area contributed by atoms with E-state index in [0.29, 0.717) is 13.1 Å². The third kappa shape index (κ3) is 4.68. The molecule has 3 N–H and O–H groups in total. The number of hydrogen-bond acceptors (Lipinski definition) is 2. The monoisotopic (exact) mass is 228 g/mol. The van der Waals surface area contributed by atoms with Crippen LogP contribution in [-0.4, -0.2) is 13.1 Å². The molecule has 0 spiro atoms. The molecule has 0 saturated carbocycles. The number of hydrogen-bond donors (Lipinski definition) is 2. The highest BCUT2D eigenvalue weighted by Crippen LogP contribution is 2.19. The van der Waals surface area contributed by atoms with Crippen LogP contribution in [0.5, 0.6) is 0 Å². The van der Waals surface area contributed by atoms with E-state index in [9.17, 15) is 8.78 Å². The molecule has 16 heavy (non-hydrogen) atoms. The van der Waals surface area contributed by atoms with Crippen molar-refractivity contribution in [3.63, 3.8) is 0 Å². The van der Waals surface area contributed by atoms with Gasteiger partial charge in [0, 0.05) is 12.1 Å². The average molecular weight is 228 g/mol. The van der Waals surface area contributed by atoms with Crippen LogP contribution in [0, 0.1) is 0 Å². The maximum absolute atomic E-state index is 12.4. The first-order chi connectivity index (χ1) is 7.74. The third-order valence-electron chi connectivity index (χ3n) is 2.34. The maximum Gasteiger partial charge on any atom is 0.263 e. The highest BCUT2D eigenvalue weighted by Gasteiger charge is 2.06. The highest BCUT2D eigenvalue weighted by atomic mass is 19.3. The second-order valence-corrected chi connectivity index (χ2v) is 3.72. The van der Waals surface area contributed by atoms with Crippen LogP contribution in [0.25, 0.3) is 0 Å². The van der Waals surface area contributed by atoms with Gasteiger partial charge in [-0.15, -0.1) is 0 Å². The van der Waals surface area contributed by atoms with Gasteiger partial charge in [0.1, 0.15) is 0 Å². The zero-order valence-electron chi connectivity index (χ0n) is 9.26. The predicted octanol–water partition coefficient (Wildman–Crippen LogP) is 2.45. The average Bonchev–Trinajstić information content (AvgIpc) is 2.29. The second kappa shape index (κ2) is 7.30. The lowest BCUT2D eigenvalue weighted by Crippen LogP contribution is -2.15. The number of halogens is 2. The fourth-order valence-corrected chi connectivity index (χ4v) is 1.47. The molecule has 90 valence electrons. The molecule has 1 aromatic rings. The van der Waals surface area contributed by atoms with Crippen molar-refractivity contribution >= 4 is 0 Å². The summed E-state index contributed by atoms with van der Waals surface area (Å²) in [5.74, 6) is 0. The Morgan fingerprint density at radius 1 is 1.25 bits per heavy atom. The Hall–Kier alpha value is -1.00. The summed E-state index contributed by atoms with van der Waals surface area (Å²) in [7, 11) is 0. The molecule has 0 heterocycles. The Morgan fingerprint density at radius 2 is 2.06 bits per heavy atom. The van der Waals surface area contributed by atoms with E-state index in [1.54, 1.807) is 12.1 Å². The molecule has 2 nitrogen and oxygen atoms in total. The summed E-state index contributed by atoms with van der Waals surface area (Å²) >= 11 is 0. The van der Waals surface area contributed by atoms with Crippen LogP contribution in [0.1, 0.15) is 30.4 Å². The van der Waals surface area contributed by atoms with Gasteiger partial charge in [0.15, 0.2) is 0 Å². The number of rotatable bonds is 7. The van der Waals surface area contributed by atoms with Gasteiger partial charge in [-0.05, 0) is 37.6 Å². The Bertz CT molecular complexity index is 303. The minimum absolute atomic E-state index is 0.0845. The zero-order chi connectivity index (χ0) is 11.8. The molecule has 0 aliphatic carbocycles. The van der Waals surface area contributed by atoms with E-state index in [-0.39, 0.29) is 5.56 Å². The zero-order valence-corrected chi connectivity index (χ0v) is 9.26. The first kappa shape index (κ1) is 13.1. The third-order valence-corrected chi connectivity index (χ3v) is 2.34. The summed E-state index contributed by atoms with van der Waals surface area (Å²) in [6.07, 6.45) is -0.382. The fourth-order valence-electron chi connectivity index (χ4n) is 1.47. The Kier molecular flexibility index (Phi) is 5.96. The molecule has 1 aromatic carbocycles. The molecule has 0 fully saturated rings. The van der Waals surface area contributed by atoms with E-state index >= 15 is 0 Å². The lowest BCUT2D eigenvalue weighted by Gasteiger charge is -2.06. The SMILES string of the molecule is NCCCCNCc1cccc(C(F)F)c1. The Morgan fingerprint density at radius 3 is 2.75 bits per heavy atom. The van der Waals surface area contributed by atoms with E-state index in [4.69, 9.17) is 5.73 Å². The van der Waals surface area contributed by atoms with Crippen molar-refractivity contribution in [3.05, 3.63) is 35.4 Å². The normalized spacial score (nSPS) is 11.0. The minimum atomic E-state index is -2.39. The summed E-state index contributed by atoms with van der Waals surface area (Å²) in [5.41, 5.74) is 6.34. The van der Waals surface area contributed by atoms with E-state index in [1.165, 1.54) is 6.07 Å². The number of benzene rings is 1. The van der Waals surface area contributed by atoms with Gasteiger partial charge in [0.2, 0.25) is 0 Å². The van der Waals surface area contributed by atoms with Crippen LogP contribution in [0.4, 0.5) is 8.78 Å². The molecule has 1 rings (SSSR count). The van der Waals surface area contributed by atoms with Crippen LogP contribution in [0.15, 0.2) is 24.3 Å². The highest BCUT2D eigenvalue weighted by molar-refractivity contribution is 5.24. The van der Waals surface area contributed by atoms with Crippen molar-refractivity contribution in [3.8, 4) is 0 Å². The molecular formula is C12H18F2N2. The van der Waals surface area contributed by atoms with Crippen molar-refractivity contribution in [1.29, 1.82) is 0 Å². The first-order valence-corrected chi connectivity index (χ1v) is 5.52. The molecule has 0 radical (unpaired) electrons. The summed E-state index contributed by atoms with van der Waals surface area (Å²) in [5, 5.41) is 3.20. The minimum Gasteiger partial charge on any atom is -0.330 e. The molecule has 0 aromatic heterocycles. The predicted molar refractivity (Wildman–Crippen MR) is 61.4 cm³/mol. The van der Waals surface area contributed by atoms with E-state index in [0.717, 1.165) is 24.9 Å². The topological polar surface area (TPSA) is 38.0 Å². The summed E-state index contributed by atoms with van der Waals surface area (Å²) in [6.45, 7) is 2.20. The van der Waals surface area contributed by atoms with Gasteiger partial charge in [-0.3, -0.25) is 0 Å². The summed E-state index contributed by atoms with van der Waals surface area (Å²) in [6, 6.07) is 6.50. The lowest BCUT2D eigenvalue weighted by atomic mass is 10.1. The Balaban J connectivity index is 2.33. The van der Waals surface area contributed by atoms with Crippen molar-refractivity contribution in [2.75, 3.05) is 13.1 Å². The first-order valence-electron chi connectivity index (χ1n) is 5.52. The molecule has 0 amide bonds. The van der Waals surface area contributed by atoms with E-state index in [1.807, 2.05) is 6.07 Å². The van der Waals surface area contributed by atoms with E-state index in [2.05, 4.69) is 5.32 Å². The number of nitrogens with one attached hydrogen (secondary N) is 1. The van der Waals surface area contributed by atoms with Gasteiger partial charge >= 0.3 is 0 Å². The van der Waals surface area contributed by atoms with Crippen molar-refractivity contribution in [1.82, 2.24) is 5.32 Å². The number of nitrogens with two attached hydrogens (primary N) is 1. The van der Waals surface area contributed by atoms with Gasteiger partial charge in [0.05, 0.1) is 0 Å². The standard InChI is InChI=1S/C12H18F2N2/c13-12(14)11-5-3-4-10(8-11)9-16-7-2-1-6-15/h3-5,8,12,16H,1-2,6-7,9,15H2. The number of unbranched alkanes of at least 4 members (excludes halogenated alkanes) is 1. The van der Waals surface area contributed by atoms with Gasteiger partial charge in [0.25, 0.3) is 6.43 Å². The molecule has 0 aliphatic rings. The molecule has 0 bridgehead atoms. The van der Waals surface area contributed by atoms with Gasteiger partial charge < -0.3 is 11.1 Å². The van der Waals surface area contributed by atoms with Crippen molar-refractivity contribution in [2.24, 2.45) is 5.73 Å². The fraction of sp³-hybridized carbons (Fsp3) is 0.500. The molecule has 0 atom stereocenters. The summed E-state index contributed by atoms with van der Waals surface area (Å²) in [4.78, 5) is 0. The largest absolute Gasteiger partial charge is 0.330 e. The van der Waals surface area contributed by atoms with Gasteiger partial charge in [-0.25, -0.2) is 8.78 Å². The van der Waals surface area contributed by atoms with Crippen LogP contribution < -0.4 is 11.1 Å². The maximum atomic E-state index is 12.4. The van der Waals surface area contributed by atoms with Crippen LogP contribution in [0.2, 0.25) is 0 Å². The smallest absolute Gasteiger partial charge is 0.263 e. The molecule has 0 unspecified atom stereocenters. The molecule has 0 aliphatic heterocycles. The van der Waals surface area contributed by atoms with Crippen molar-refractivity contribution in [2.45, 2.75) is 25.8 Å². The lowest BCUT2D eigenvalue weighted by molar-refractivity contribution is 0.151. The van der Waals surface area contributed by atoms with Crippen LogP contribution >= 0.6 is 0 Å². The van der Waals surface area contributed by atoms with Crippen molar-refractivity contribution < 1.29 is 8.78 Å². The van der Waals surface area contributed by atoms with Crippen LogP contribution in [-0.2, 0) is 6.54 Å². The Labute approximate surface area is 94.8 Å². The quantitative estimate of drug-likeness (QED) is 0.703. The summed E-state index contributed by atoms with van der Waals surface area (Å²) < 4.78 is 24.8. The second-order valence-electron chi connectivity index (χ2n) is 3.72. The molecule has 4 heteroatoms. The molecular weight excluding hydrogens is 210 g/mol. The number of alkyl halides is 2. The van der Waals surface area contributed by atoms with E-state index < -0.39 is 6.43 Å². The van der Waals surface area contributed by atoms with Gasteiger partial charge in [-0.1, -0.05) is 18.2 Å².